The van der Waals surface area contributed by atoms with Crippen molar-refractivity contribution in [3.8, 4) is 12.3 Å². The van der Waals surface area contributed by atoms with Crippen LogP contribution in [0.1, 0.15) is 25.7 Å². The van der Waals surface area contributed by atoms with Crippen LogP contribution in [0.4, 0.5) is 0 Å². The van der Waals surface area contributed by atoms with Crippen molar-refractivity contribution in [3.63, 3.8) is 0 Å². The number of hydrogen-bond acceptors (Lipinski definition) is 2. The van der Waals surface area contributed by atoms with E-state index in [-0.39, 0.29) is 0 Å². The van der Waals surface area contributed by atoms with Gasteiger partial charge in [0.15, 0.2) is 0 Å². The Morgan fingerprint density at radius 3 is 2.92 bits per heavy atom. The summed E-state index contributed by atoms with van der Waals surface area (Å²) in [6, 6.07) is 0. The number of likely N-dealkylation sites (N-methyl/N-ethyl adjacent to an activating group) is 1. The number of rotatable bonds is 3. The molecular weight excluding hydrogens is 150 g/mol. The quantitative estimate of drug-likeness (QED) is 0.498. The van der Waals surface area contributed by atoms with E-state index in [1.54, 1.807) is 0 Å². The molecule has 1 unspecified atom stereocenters. The molecule has 1 saturated heterocycles. The fraction of sp³-hybridized carbons (Fsp3) is 0.800. The van der Waals surface area contributed by atoms with Gasteiger partial charge in [-0.15, -0.1) is 12.3 Å². The largest absolute Gasteiger partial charge is 0.389 e. The first-order valence-corrected chi connectivity index (χ1v) is 4.51. The van der Waals surface area contributed by atoms with Crippen molar-refractivity contribution < 1.29 is 5.11 Å². The molecule has 0 aromatic rings. The lowest BCUT2D eigenvalue weighted by Crippen LogP contribution is -2.31. The van der Waals surface area contributed by atoms with Crippen molar-refractivity contribution in [2.75, 3.05) is 20.1 Å². The number of hydrogen-bond donors (Lipinski definition) is 1. The molecule has 12 heavy (non-hydrogen) atoms. The predicted molar refractivity (Wildman–Crippen MR) is 49.7 cm³/mol. The van der Waals surface area contributed by atoms with Crippen LogP contribution in [0.15, 0.2) is 0 Å². The monoisotopic (exact) mass is 167 g/mol. The Kier molecular flexibility index (Phi) is 3.13. The predicted octanol–water partition coefficient (Wildman–Crippen LogP) is 0.857. The highest BCUT2D eigenvalue weighted by Crippen LogP contribution is 2.25. The highest BCUT2D eigenvalue weighted by Gasteiger charge is 2.33. The molecule has 0 saturated carbocycles. The molecule has 1 rings (SSSR count). The summed E-state index contributed by atoms with van der Waals surface area (Å²) in [6.07, 6.45) is 8.62. The van der Waals surface area contributed by atoms with Crippen LogP contribution >= 0.6 is 0 Å². The van der Waals surface area contributed by atoms with Crippen LogP contribution in [0.25, 0.3) is 0 Å². The van der Waals surface area contributed by atoms with Gasteiger partial charge in [0.25, 0.3) is 0 Å². The maximum Gasteiger partial charge on any atom is 0.0786 e. The second-order valence-corrected chi connectivity index (χ2v) is 3.77. The Labute approximate surface area is 74.6 Å². The molecule has 0 aromatic heterocycles. The lowest BCUT2D eigenvalue weighted by Gasteiger charge is -2.21. The first kappa shape index (κ1) is 9.57. The van der Waals surface area contributed by atoms with Crippen LogP contribution in [0.3, 0.4) is 0 Å². The molecule has 2 heteroatoms. The third-order valence-electron chi connectivity index (χ3n) is 2.49. The minimum Gasteiger partial charge on any atom is -0.389 e. The number of unbranched alkanes of at least 4 members (excludes halogenated alkanes) is 1. The highest BCUT2D eigenvalue weighted by atomic mass is 16.3. The fourth-order valence-corrected chi connectivity index (χ4v) is 1.78. The normalized spacial score (nSPS) is 30.4. The van der Waals surface area contributed by atoms with E-state index in [1.165, 1.54) is 0 Å². The van der Waals surface area contributed by atoms with Gasteiger partial charge >= 0.3 is 0 Å². The molecular formula is C10H17NO. The van der Waals surface area contributed by atoms with Gasteiger partial charge in [-0.05, 0) is 26.3 Å². The Morgan fingerprint density at radius 1 is 1.67 bits per heavy atom. The molecule has 68 valence electrons. The molecule has 0 aromatic carbocycles. The molecule has 0 radical (unpaired) electrons. The van der Waals surface area contributed by atoms with E-state index in [9.17, 15) is 5.11 Å². The summed E-state index contributed by atoms with van der Waals surface area (Å²) in [6.45, 7) is 1.81. The van der Waals surface area contributed by atoms with Gasteiger partial charge < -0.3 is 10.0 Å². The van der Waals surface area contributed by atoms with Gasteiger partial charge in [-0.2, -0.15) is 0 Å². The number of aliphatic hydroxyl groups is 1. The molecule has 1 heterocycles. The van der Waals surface area contributed by atoms with Gasteiger partial charge in [0.05, 0.1) is 5.60 Å². The van der Waals surface area contributed by atoms with Crippen molar-refractivity contribution in [1.82, 2.24) is 4.90 Å². The molecule has 0 spiro atoms. The van der Waals surface area contributed by atoms with Crippen molar-refractivity contribution in [2.45, 2.75) is 31.3 Å². The third kappa shape index (κ3) is 2.51. The van der Waals surface area contributed by atoms with Crippen molar-refractivity contribution in [3.05, 3.63) is 0 Å². The van der Waals surface area contributed by atoms with Gasteiger partial charge in [0.1, 0.15) is 0 Å². The minimum atomic E-state index is -0.453. The number of β-amino-alcohol motifs (C(OH)–C–C–N with tert-alkyl or cyclic N) is 1. The Bertz CT molecular complexity index is 185. The van der Waals surface area contributed by atoms with E-state index in [0.29, 0.717) is 0 Å². The second kappa shape index (κ2) is 3.93. The Balaban J connectivity index is 2.26. The molecule has 1 atom stereocenters. The molecule has 0 aliphatic carbocycles. The lowest BCUT2D eigenvalue weighted by atomic mass is 9.96. The molecule has 0 bridgehead atoms. The van der Waals surface area contributed by atoms with Gasteiger partial charge in [-0.3, -0.25) is 0 Å². The summed E-state index contributed by atoms with van der Waals surface area (Å²) < 4.78 is 0. The topological polar surface area (TPSA) is 23.5 Å². The molecule has 1 N–H and O–H groups in total. The zero-order valence-electron chi connectivity index (χ0n) is 7.71. The molecule has 0 amide bonds. The van der Waals surface area contributed by atoms with E-state index in [1.807, 2.05) is 7.05 Å². The number of nitrogens with zero attached hydrogens (tertiary/aromatic N) is 1. The lowest BCUT2D eigenvalue weighted by molar-refractivity contribution is 0.0415. The molecule has 1 aliphatic heterocycles. The van der Waals surface area contributed by atoms with Crippen LogP contribution < -0.4 is 0 Å². The average Bonchev–Trinajstić information content (AvgIpc) is 2.32. The van der Waals surface area contributed by atoms with Gasteiger partial charge in [-0.25, -0.2) is 0 Å². The Morgan fingerprint density at radius 2 is 2.42 bits per heavy atom. The zero-order chi connectivity index (χ0) is 9.03. The van der Waals surface area contributed by atoms with E-state index in [0.717, 1.165) is 38.8 Å². The van der Waals surface area contributed by atoms with Crippen LogP contribution in [0.2, 0.25) is 0 Å². The van der Waals surface area contributed by atoms with E-state index in [2.05, 4.69) is 10.8 Å². The SMILES string of the molecule is C#CCCCC1(O)CCN(C)C1. The van der Waals surface area contributed by atoms with Crippen molar-refractivity contribution in [2.24, 2.45) is 0 Å². The third-order valence-corrected chi connectivity index (χ3v) is 2.49. The molecule has 1 aliphatic rings. The van der Waals surface area contributed by atoms with E-state index < -0.39 is 5.60 Å². The summed E-state index contributed by atoms with van der Waals surface area (Å²) >= 11 is 0. The smallest absolute Gasteiger partial charge is 0.0786 e. The van der Waals surface area contributed by atoms with Crippen LogP contribution in [0.5, 0.6) is 0 Å². The summed E-state index contributed by atoms with van der Waals surface area (Å²) in [5.74, 6) is 2.60. The van der Waals surface area contributed by atoms with Crippen LogP contribution in [-0.4, -0.2) is 35.7 Å². The summed E-state index contributed by atoms with van der Waals surface area (Å²) in [5.41, 5.74) is -0.453. The van der Waals surface area contributed by atoms with Gasteiger partial charge in [-0.1, -0.05) is 0 Å². The van der Waals surface area contributed by atoms with Crippen molar-refractivity contribution >= 4 is 0 Å². The summed E-state index contributed by atoms with van der Waals surface area (Å²) in [5, 5.41) is 9.98. The van der Waals surface area contributed by atoms with Gasteiger partial charge in [0, 0.05) is 19.5 Å². The standard InChI is InChI=1S/C10H17NO/c1-3-4-5-6-10(12)7-8-11(2)9-10/h1,12H,4-9H2,2H3. The van der Waals surface area contributed by atoms with Crippen molar-refractivity contribution in [1.29, 1.82) is 0 Å². The maximum absolute atomic E-state index is 9.98. The second-order valence-electron chi connectivity index (χ2n) is 3.77. The molecule has 2 nitrogen and oxygen atoms in total. The minimum absolute atomic E-state index is 0.453. The van der Waals surface area contributed by atoms with E-state index in [4.69, 9.17) is 6.42 Å². The van der Waals surface area contributed by atoms with Crippen LogP contribution in [-0.2, 0) is 0 Å². The number of terminal acetylenes is 1. The molecule has 1 fully saturated rings. The van der Waals surface area contributed by atoms with Gasteiger partial charge in [0.2, 0.25) is 0 Å². The summed E-state index contributed by atoms with van der Waals surface area (Å²) in [7, 11) is 2.04. The first-order chi connectivity index (χ1) is 5.66. The van der Waals surface area contributed by atoms with Crippen LogP contribution in [0, 0.1) is 12.3 Å². The zero-order valence-corrected chi connectivity index (χ0v) is 7.71. The summed E-state index contributed by atoms with van der Waals surface area (Å²) in [4.78, 5) is 2.16. The first-order valence-electron chi connectivity index (χ1n) is 4.51. The fourth-order valence-electron chi connectivity index (χ4n) is 1.78. The Hall–Kier alpha value is -0.520. The average molecular weight is 167 g/mol. The van der Waals surface area contributed by atoms with E-state index >= 15 is 0 Å². The maximum atomic E-state index is 9.98. The highest BCUT2D eigenvalue weighted by molar-refractivity contribution is 4.91. The number of likely N-dealkylation sites (tertiary alicyclic amines) is 1.